The third kappa shape index (κ3) is 2.36. The molecule has 1 amide bonds. The molecule has 0 saturated carbocycles. The molecular weight excluding hydrogens is 258 g/mol. The molecule has 2 saturated heterocycles. The third-order valence-corrected chi connectivity index (χ3v) is 5.78. The molecular formula is C11H17NO5S. The molecule has 2 fully saturated rings. The minimum Gasteiger partial charge on any atom is -0.481 e. The van der Waals surface area contributed by atoms with Gasteiger partial charge in [-0.25, -0.2) is 8.42 Å². The van der Waals surface area contributed by atoms with Gasteiger partial charge in [-0.1, -0.05) is 0 Å². The van der Waals surface area contributed by atoms with Crippen LogP contribution in [0.2, 0.25) is 0 Å². The van der Waals surface area contributed by atoms with Gasteiger partial charge in [0.25, 0.3) is 0 Å². The highest BCUT2D eigenvalue weighted by atomic mass is 32.2. The molecule has 18 heavy (non-hydrogen) atoms. The lowest BCUT2D eigenvalue weighted by atomic mass is 9.90. The molecule has 6 nitrogen and oxygen atoms in total. The summed E-state index contributed by atoms with van der Waals surface area (Å²) in [6, 6.07) is 0. The highest BCUT2D eigenvalue weighted by Crippen LogP contribution is 2.33. The minimum atomic E-state index is -3.11. The summed E-state index contributed by atoms with van der Waals surface area (Å²) in [5, 5.41) is 9.02. The van der Waals surface area contributed by atoms with Crippen LogP contribution in [0.4, 0.5) is 0 Å². The van der Waals surface area contributed by atoms with Crippen LogP contribution < -0.4 is 0 Å². The fourth-order valence-corrected chi connectivity index (χ4v) is 4.92. The number of piperidine rings is 1. The number of hydrogen-bond donors (Lipinski definition) is 1. The van der Waals surface area contributed by atoms with Crippen molar-refractivity contribution in [2.24, 2.45) is 5.92 Å². The lowest BCUT2D eigenvalue weighted by Crippen LogP contribution is -2.55. The largest absolute Gasteiger partial charge is 0.481 e. The standard InChI is InChI=1S/C11H17NO5S/c1-11(4-5-18(16,17)7-11)12-6-8(10(14)15)2-3-9(12)13/h8H,2-7H2,1H3,(H,14,15). The molecule has 0 radical (unpaired) electrons. The van der Waals surface area contributed by atoms with E-state index in [0.29, 0.717) is 12.8 Å². The van der Waals surface area contributed by atoms with Crippen molar-refractivity contribution < 1.29 is 23.1 Å². The molecule has 2 aliphatic heterocycles. The van der Waals surface area contributed by atoms with Gasteiger partial charge in [0.2, 0.25) is 5.91 Å². The number of carbonyl (C=O) groups is 2. The Balaban J connectivity index is 2.21. The van der Waals surface area contributed by atoms with Crippen molar-refractivity contribution >= 4 is 21.7 Å². The SMILES string of the molecule is CC1(N2CC(C(=O)O)CCC2=O)CCS(=O)(=O)C1. The van der Waals surface area contributed by atoms with E-state index in [1.54, 1.807) is 6.92 Å². The maximum atomic E-state index is 11.9. The van der Waals surface area contributed by atoms with Crippen molar-refractivity contribution in [3.8, 4) is 0 Å². The molecule has 7 heteroatoms. The van der Waals surface area contributed by atoms with Crippen LogP contribution in [0, 0.1) is 5.92 Å². The zero-order valence-corrected chi connectivity index (χ0v) is 11.1. The van der Waals surface area contributed by atoms with Gasteiger partial charge < -0.3 is 10.0 Å². The van der Waals surface area contributed by atoms with Crippen LogP contribution >= 0.6 is 0 Å². The Morgan fingerprint density at radius 1 is 1.50 bits per heavy atom. The number of rotatable bonds is 2. The second-order valence-electron chi connectivity index (χ2n) is 5.42. The molecule has 2 unspecified atom stereocenters. The predicted octanol–water partition coefficient (Wildman–Crippen LogP) is -0.113. The van der Waals surface area contributed by atoms with Crippen molar-refractivity contribution in [1.82, 2.24) is 4.90 Å². The first-order chi connectivity index (χ1) is 8.23. The first-order valence-electron chi connectivity index (χ1n) is 5.97. The van der Waals surface area contributed by atoms with Crippen molar-refractivity contribution in [2.75, 3.05) is 18.1 Å². The average molecular weight is 275 g/mol. The molecule has 0 spiro atoms. The number of carbonyl (C=O) groups excluding carboxylic acids is 1. The number of carboxylic acid groups (broad SMARTS) is 1. The Kier molecular flexibility index (Phi) is 3.12. The van der Waals surface area contributed by atoms with E-state index in [1.807, 2.05) is 0 Å². The molecule has 0 bridgehead atoms. The maximum absolute atomic E-state index is 11.9. The number of amides is 1. The molecule has 2 atom stereocenters. The Hall–Kier alpha value is -1.11. The fourth-order valence-electron chi connectivity index (χ4n) is 2.78. The van der Waals surface area contributed by atoms with Gasteiger partial charge in [-0.3, -0.25) is 9.59 Å². The van der Waals surface area contributed by atoms with E-state index in [1.165, 1.54) is 4.90 Å². The maximum Gasteiger partial charge on any atom is 0.308 e. The summed E-state index contributed by atoms with van der Waals surface area (Å²) in [5.41, 5.74) is -0.732. The molecule has 2 rings (SSSR count). The molecule has 0 aliphatic carbocycles. The fraction of sp³-hybridized carbons (Fsp3) is 0.818. The van der Waals surface area contributed by atoms with Crippen molar-refractivity contribution in [1.29, 1.82) is 0 Å². The summed E-state index contributed by atoms with van der Waals surface area (Å²) in [6.45, 7) is 1.86. The van der Waals surface area contributed by atoms with Crippen molar-refractivity contribution in [3.63, 3.8) is 0 Å². The van der Waals surface area contributed by atoms with E-state index >= 15 is 0 Å². The van der Waals surface area contributed by atoms with Gasteiger partial charge in [-0.05, 0) is 19.8 Å². The summed E-state index contributed by atoms with van der Waals surface area (Å²) >= 11 is 0. The summed E-state index contributed by atoms with van der Waals surface area (Å²) in [4.78, 5) is 24.4. The Labute approximate surface area is 106 Å². The van der Waals surface area contributed by atoms with Crippen LogP contribution in [0.1, 0.15) is 26.2 Å². The monoisotopic (exact) mass is 275 g/mol. The van der Waals surface area contributed by atoms with Crippen LogP contribution in [-0.4, -0.2) is 53.9 Å². The summed E-state index contributed by atoms with van der Waals surface area (Å²) < 4.78 is 23.1. The number of sulfone groups is 1. The molecule has 0 aromatic heterocycles. The zero-order chi connectivity index (χ0) is 13.6. The number of nitrogens with zero attached hydrogens (tertiary/aromatic N) is 1. The Morgan fingerprint density at radius 2 is 2.17 bits per heavy atom. The average Bonchev–Trinajstić information content (AvgIpc) is 2.54. The van der Waals surface area contributed by atoms with E-state index in [4.69, 9.17) is 5.11 Å². The quantitative estimate of drug-likeness (QED) is 0.759. The van der Waals surface area contributed by atoms with Crippen LogP contribution in [0.3, 0.4) is 0 Å². The normalized spacial score (nSPS) is 35.7. The third-order valence-electron chi connectivity index (χ3n) is 3.89. The number of likely N-dealkylation sites (tertiary alicyclic amines) is 1. The van der Waals surface area contributed by atoms with E-state index in [2.05, 4.69) is 0 Å². The van der Waals surface area contributed by atoms with Crippen LogP contribution in [0.5, 0.6) is 0 Å². The summed E-state index contributed by atoms with van der Waals surface area (Å²) in [6.07, 6.45) is 0.924. The van der Waals surface area contributed by atoms with Gasteiger partial charge in [0.1, 0.15) is 0 Å². The number of carboxylic acids is 1. The molecule has 1 N–H and O–H groups in total. The van der Waals surface area contributed by atoms with Crippen LogP contribution in [0.25, 0.3) is 0 Å². The van der Waals surface area contributed by atoms with Crippen molar-refractivity contribution in [3.05, 3.63) is 0 Å². The highest BCUT2D eigenvalue weighted by Gasteiger charge is 2.47. The lowest BCUT2D eigenvalue weighted by Gasteiger charge is -2.42. The highest BCUT2D eigenvalue weighted by molar-refractivity contribution is 7.91. The number of hydrogen-bond acceptors (Lipinski definition) is 4. The minimum absolute atomic E-state index is 0.0575. The smallest absolute Gasteiger partial charge is 0.308 e. The van der Waals surface area contributed by atoms with Gasteiger partial charge in [-0.15, -0.1) is 0 Å². The number of aliphatic carboxylic acids is 1. The first-order valence-corrected chi connectivity index (χ1v) is 7.79. The second-order valence-corrected chi connectivity index (χ2v) is 7.60. The molecule has 2 aliphatic rings. The molecule has 2 heterocycles. The molecule has 102 valence electrons. The first kappa shape index (κ1) is 13.3. The topological polar surface area (TPSA) is 91.8 Å². The second kappa shape index (κ2) is 4.22. The van der Waals surface area contributed by atoms with Crippen molar-refractivity contribution in [2.45, 2.75) is 31.7 Å². The van der Waals surface area contributed by atoms with E-state index in [9.17, 15) is 18.0 Å². The lowest BCUT2D eigenvalue weighted by molar-refractivity contribution is -0.150. The van der Waals surface area contributed by atoms with Gasteiger partial charge in [-0.2, -0.15) is 0 Å². The Morgan fingerprint density at radius 3 is 2.67 bits per heavy atom. The van der Waals surface area contributed by atoms with E-state index < -0.39 is 27.3 Å². The van der Waals surface area contributed by atoms with Gasteiger partial charge in [0.05, 0.1) is 23.0 Å². The van der Waals surface area contributed by atoms with Gasteiger partial charge in [0.15, 0.2) is 9.84 Å². The van der Waals surface area contributed by atoms with Gasteiger partial charge in [0, 0.05) is 13.0 Å². The van der Waals surface area contributed by atoms with Crippen LogP contribution in [0.15, 0.2) is 0 Å². The molecule has 0 aromatic carbocycles. The summed E-state index contributed by atoms with van der Waals surface area (Å²) in [7, 11) is -3.11. The van der Waals surface area contributed by atoms with Gasteiger partial charge >= 0.3 is 5.97 Å². The zero-order valence-electron chi connectivity index (χ0n) is 10.3. The van der Waals surface area contributed by atoms with E-state index in [-0.39, 0.29) is 30.4 Å². The Bertz CT molecular complexity index is 486. The van der Waals surface area contributed by atoms with E-state index in [0.717, 1.165) is 0 Å². The molecule has 0 aromatic rings. The predicted molar refractivity (Wildman–Crippen MR) is 63.7 cm³/mol. The van der Waals surface area contributed by atoms with Crippen LogP contribution in [-0.2, 0) is 19.4 Å². The summed E-state index contributed by atoms with van der Waals surface area (Å²) in [5.74, 6) is -1.62.